The van der Waals surface area contributed by atoms with Gasteiger partial charge in [0, 0.05) is 38.8 Å². The molecule has 30 heavy (non-hydrogen) atoms. The van der Waals surface area contributed by atoms with Crippen LogP contribution in [-0.4, -0.2) is 76.3 Å². The molecule has 168 valence electrons. The molecule has 1 atom stereocenters. The van der Waals surface area contributed by atoms with Crippen LogP contribution in [0.5, 0.6) is 0 Å². The zero-order valence-electron chi connectivity index (χ0n) is 17.3. The van der Waals surface area contributed by atoms with Crippen molar-refractivity contribution in [2.75, 3.05) is 32.7 Å². The number of benzene rings is 1. The number of nitrogens with two attached hydrogens (primary N) is 1. The van der Waals surface area contributed by atoms with Gasteiger partial charge in [-0.1, -0.05) is 12.8 Å². The molecule has 0 amide bonds. The van der Waals surface area contributed by atoms with Crippen LogP contribution in [0.2, 0.25) is 6.32 Å². The van der Waals surface area contributed by atoms with Crippen LogP contribution in [0.15, 0.2) is 18.2 Å². The molecule has 0 spiro atoms. The van der Waals surface area contributed by atoms with Gasteiger partial charge in [-0.25, -0.2) is 8.78 Å². The van der Waals surface area contributed by atoms with E-state index >= 15 is 0 Å². The third kappa shape index (κ3) is 8.27. The average molecular weight is 427 g/mol. The SMILES string of the molecule is NC(CCCCB(O)O)(CCCN1CCN(Cc2cc(F)cc(F)c2)CC1)C(=O)O. The molecule has 5 N–H and O–H groups in total. The van der Waals surface area contributed by atoms with Crippen LogP contribution in [0.25, 0.3) is 0 Å². The second-order valence-corrected chi connectivity index (χ2v) is 8.19. The summed E-state index contributed by atoms with van der Waals surface area (Å²) in [5.41, 5.74) is 5.41. The van der Waals surface area contributed by atoms with Crippen LogP contribution >= 0.6 is 0 Å². The number of hydrogen-bond acceptors (Lipinski definition) is 6. The molecule has 0 aromatic heterocycles. The fourth-order valence-electron chi connectivity index (χ4n) is 3.86. The monoisotopic (exact) mass is 427 g/mol. The number of halogens is 2. The predicted octanol–water partition coefficient (Wildman–Crippen LogP) is 1.29. The van der Waals surface area contributed by atoms with Gasteiger partial charge >= 0.3 is 13.1 Å². The van der Waals surface area contributed by atoms with E-state index < -0.39 is 30.3 Å². The Hall–Kier alpha value is -1.59. The van der Waals surface area contributed by atoms with Crippen molar-refractivity contribution >= 4 is 13.1 Å². The third-order valence-electron chi connectivity index (χ3n) is 5.65. The lowest BCUT2D eigenvalue weighted by Gasteiger charge is -2.35. The fourth-order valence-corrected chi connectivity index (χ4v) is 3.86. The standard InChI is InChI=1S/C20H32BF2N3O4/c22-17-12-16(13-18(23)14-17)15-26-10-8-25(9-11-26)7-3-5-20(24,19(27)28)4-1-2-6-21(29)30/h12-14,29-30H,1-11,15,24H2,(H,27,28). The maximum Gasteiger partial charge on any atom is 0.451 e. The van der Waals surface area contributed by atoms with Gasteiger partial charge in [-0.15, -0.1) is 0 Å². The Balaban J connectivity index is 1.70. The van der Waals surface area contributed by atoms with Gasteiger partial charge in [0.25, 0.3) is 0 Å². The summed E-state index contributed by atoms with van der Waals surface area (Å²) in [6.45, 7) is 4.39. The van der Waals surface area contributed by atoms with Gasteiger partial charge in [-0.2, -0.15) is 0 Å². The normalized spacial score (nSPS) is 17.6. The average Bonchev–Trinajstić information content (AvgIpc) is 2.65. The first kappa shape index (κ1) is 24.7. The van der Waals surface area contributed by atoms with Crippen LogP contribution < -0.4 is 5.73 Å². The molecular formula is C20H32BF2N3O4. The summed E-state index contributed by atoms with van der Waals surface area (Å²) in [7, 11) is -1.37. The quantitative estimate of drug-likeness (QED) is 0.294. The summed E-state index contributed by atoms with van der Waals surface area (Å²) < 4.78 is 26.7. The molecule has 0 bridgehead atoms. The van der Waals surface area contributed by atoms with Crippen molar-refractivity contribution in [2.24, 2.45) is 5.73 Å². The summed E-state index contributed by atoms with van der Waals surface area (Å²) >= 11 is 0. The van der Waals surface area contributed by atoms with Crippen molar-refractivity contribution in [3.63, 3.8) is 0 Å². The first-order chi connectivity index (χ1) is 14.2. The Morgan fingerprint density at radius 1 is 1.00 bits per heavy atom. The second-order valence-electron chi connectivity index (χ2n) is 8.19. The Labute approximate surface area is 176 Å². The van der Waals surface area contributed by atoms with E-state index in [9.17, 15) is 18.7 Å². The number of hydrogen-bond donors (Lipinski definition) is 4. The van der Waals surface area contributed by atoms with Crippen molar-refractivity contribution in [3.8, 4) is 0 Å². The molecular weight excluding hydrogens is 395 g/mol. The summed E-state index contributed by atoms with van der Waals surface area (Å²) in [5, 5.41) is 27.2. The highest BCUT2D eigenvalue weighted by atomic mass is 19.1. The molecule has 1 saturated heterocycles. The van der Waals surface area contributed by atoms with E-state index in [-0.39, 0.29) is 6.32 Å². The fraction of sp³-hybridized carbons (Fsp3) is 0.650. The van der Waals surface area contributed by atoms with E-state index in [1.807, 2.05) is 0 Å². The van der Waals surface area contributed by atoms with Gasteiger partial charge in [0.15, 0.2) is 0 Å². The summed E-state index contributed by atoms with van der Waals surface area (Å²) in [4.78, 5) is 16.0. The highest BCUT2D eigenvalue weighted by Crippen LogP contribution is 2.20. The van der Waals surface area contributed by atoms with E-state index in [4.69, 9.17) is 15.8 Å². The van der Waals surface area contributed by atoms with Crippen molar-refractivity contribution in [1.29, 1.82) is 0 Å². The smallest absolute Gasteiger partial charge is 0.451 e. The topological polar surface area (TPSA) is 110 Å². The predicted molar refractivity (Wildman–Crippen MR) is 111 cm³/mol. The number of rotatable bonds is 12. The van der Waals surface area contributed by atoms with Crippen molar-refractivity contribution in [2.45, 2.75) is 50.5 Å². The van der Waals surface area contributed by atoms with Crippen molar-refractivity contribution in [3.05, 3.63) is 35.4 Å². The molecule has 0 aliphatic carbocycles. The number of aliphatic carboxylic acids is 1. The first-order valence-corrected chi connectivity index (χ1v) is 10.5. The van der Waals surface area contributed by atoms with E-state index in [0.717, 1.165) is 38.8 Å². The zero-order valence-corrected chi connectivity index (χ0v) is 17.3. The Kier molecular flexibility index (Phi) is 9.64. The molecule has 7 nitrogen and oxygen atoms in total. The number of carboxylic acids is 1. The molecule has 2 rings (SSSR count). The first-order valence-electron chi connectivity index (χ1n) is 10.5. The second kappa shape index (κ2) is 11.7. The molecule has 1 aliphatic rings. The number of piperazine rings is 1. The summed E-state index contributed by atoms with van der Waals surface area (Å²) in [6, 6.07) is 3.57. The lowest BCUT2D eigenvalue weighted by atomic mass is 9.81. The van der Waals surface area contributed by atoms with Gasteiger partial charge < -0.3 is 25.8 Å². The number of unbranched alkanes of at least 4 members (excludes halogenated alkanes) is 1. The molecule has 1 aromatic rings. The maximum absolute atomic E-state index is 13.3. The van der Waals surface area contributed by atoms with Crippen LogP contribution in [0.4, 0.5) is 8.78 Å². The molecule has 1 aromatic carbocycles. The molecule has 1 aliphatic heterocycles. The summed E-state index contributed by atoms with van der Waals surface area (Å²) in [6.07, 6.45) is 2.56. The minimum absolute atomic E-state index is 0.211. The van der Waals surface area contributed by atoms with Gasteiger partial charge in [0.1, 0.15) is 17.2 Å². The van der Waals surface area contributed by atoms with Gasteiger partial charge in [0.05, 0.1) is 0 Å². The van der Waals surface area contributed by atoms with Crippen LogP contribution in [-0.2, 0) is 11.3 Å². The largest absolute Gasteiger partial charge is 0.480 e. The molecule has 1 unspecified atom stereocenters. The maximum atomic E-state index is 13.3. The van der Waals surface area contributed by atoms with Crippen molar-refractivity contribution in [1.82, 2.24) is 9.80 Å². The lowest BCUT2D eigenvalue weighted by Crippen LogP contribution is -2.49. The van der Waals surface area contributed by atoms with Crippen molar-refractivity contribution < 1.29 is 28.7 Å². The van der Waals surface area contributed by atoms with Gasteiger partial charge in [-0.3, -0.25) is 9.69 Å². The molecule has 10 heteroatoms. The number of nitrogens with zero attached hydrogens (tertiary/aromatic N) is 2. The Bertz CT molecular complexity index is 670. The van der Waals surface area contributed by atoms with Crippen LogP contribution in [0, 0.1) is 11.6 Å². The van der Waals surface area contributed by atoms with Crippen LogP contribution in [0.1, 0.15) is 37.7 Å². The summed E-state index contributed by atoms with van der Waals surface area (Å²) in [5.74, 6) is -2.17. The van der Waals surface area contributed by atoms with E-state index in [1.165, 1.54) is 12.1 Å². The molecule has 1 fully saturated rings. The number of carbonyl (C=O) groups is 1. The molecule has 0 radical (unpaired) electrons. The third-order valence-corrected chi connectivity index (χ3v) is 5.65. The number of carboxylic acid groups (broad SMARTS) is 1. The minimum Gasteiger partial charge on any atom is -0.480 e. The Morgan fingerprint density at radius 3 is 2.13 bits per heavy atom. The van der Waals surface area contributed by atoms with E-state index in [0.29, 0.717) is 44.2 Å². The highest BCUT2D eigenvalue weighted by molar-refractivity contribution is 6.40. The highest BCUT2D eigenvalue weighted by Gasteiger charge is 2.33. The lowest BCUT2D eigenvalue weighted by molar-refractivity contribution is -0.144. The van der Waals surface area contributed by atoms with Crippen LogP contribution in [0.3, 0.4) is 0 Å². The molecule has 1 heterocycles. The Morgan fingerprint density at radius 2 is 1.57 bits per heavy atom. The van der Waals surface area contributed by atoms with E-state index in [1.54, 1.807) is 0 Å². The minimum atomic E-state index is -1.37. The van der Waals surface area contributed by atoms with E-state index in [2.05, 4.69) is 9.80 Å². The van der Waals surface area contributed by atoms with Gasteiger partial charge in [-0.05, 0) is 49.8 Å². The zero-order chi connectivity index (χ0) is 22.1. The van der Waals surface area contributed by atoms with Gasteiger partial charge in [0.2, 0.25) is 0 Å². The molecule has 0 saturated carbocycles.